The van der Waals surface area contributed by atoms with E-state index in [0.717, 1.165) is 101 Å². The summed E-state index contributed by atoms with van der Waals surface area (Å²) in [6, 6.07) is 8.49. The third-order valence-electron chi connectivity index (χ3n) is 9.06. The van der Waals surface area contributed by atoms with Crippen LogP contribution >= 0.6 is 0 Å². The highest BCUT2D eigenvalue weighted by Crippen LogP contribution is 2.39. The van der Waals surface area contributed by atoms with Crippen molar-refractivity contribution in [3.8, 4) is 5.75 Å². The van der Waals surface area contributed by atoms with E-state index in [2.05, 4.69) is 31.1 Å². The predicted octanol–water partition coefficient (Wildman–Crippen LogP) is 2.11. The van der Waals surface area contributed by atoms with Gasteiger partial charge >= 0.3 is 0 Å². The molecule has 4 saturated heterocycles. The van der Waals surface area contributed by atoms with Crippen LogP contribution in [0.1, 0.15) is 44.2 Å². The van der Waals surface area contributed by atoms with Gasteiger partial charge in [-0.2, -0.15) is 0 Å². The number of methoxy groups -OCH3 is 1. The van der Waals surface area contributed by atoms with Gasteiger partial charge in [-0.3, -0.25) is 14.4 Å². The second-order valence-electron chi connectivity index (χ2n) is 11.1. The molecule has 194 valence electrons. The van der Waals surface area contributed by atoms with Crippen molar-refractivity contribution in [1.82, 2.24) is 24.8 Å². The Morgan fingerprint density at radius 1 is 1.14 bits per heavy atom. The summed E-state index contributed by atoms with van der Waals surface area (Å²) >= 11 is 0. The summed E-state index contributed by atoms with van der Waals surface area (Å²) in [6.07, 6.45) is 7.71. The number of piperidine rings is 3. The topological polar surface area (TPSA) is 87.0 Å². The maximum Gasteiger partial charge on any atom is 0.227 e. The first-order valence-corrected chi connectivity index (χ1v) is 13.6. The number of para-hydroxylation sites is 2. The predicted molar refractivity (Wildman–Crippen MR) is 136 cm³/mol. The number of hydrogen-bond donors (Lipinski definition) is 1. The lowest BCUT2D eigenvalue weighted by atomic mass is 9.75. The van der Waals surface area contributed by atoms with E-state index in [4.69, 9.17) is 4.74 Å². The molecule has 1 unspecified atom stereocenters. The summed E-state index contributed by atoms with van der Waals surface area (Å²) in [7, 11) is 1.71. The van der Waals surface area contributed by atoms with Crippen molar-refractivity contribution in [3.63, 3.8) is 0 Å². The number of fused-ring (bicyclic) bond motifs is 3. The summed E-state index contributed by atoms with van der Waals surface area (Å²) in [5, 5.41) is 19.5. The van der Waals surface area contributed by atoms with Crippen LogP contribution in [-0.4, -0.2) is 88.2 Å². The van der Waals surface area contributed by atoms with Crippen LogP contribution in [0.2, 0.25) is 0 Å². The molecule has 1 aromatic carbocycles. The molecule has 2 aromatic rings. The standard InChI is InChI=1S/C27H38N6O3/c1-36-24-7-3-2-6-23(24)30-12-14-31(15-13-30)26(34)22-18-32-11-8-20(22)16-21(32)17-33-19-25(28-29-33)27(35)9-4-5-10-27/h2-3,6-7,19-22,35H,4-5,8-18H2,1H3/t20-,21-,22-/m1/s1. The van der Waals surface area contributed by atoms with Gasteiger partial charge in [0, 0.05) is 38.8 Å². The number of rotatable bonds is 6. The fraction of sp³-hybridized carbons (Fsp3) is 0.667. The van der Waals surface area contributed by atoms with Crippen LogP contribution in [0, 0.1) is 11.8 Å². The van der Waals surface area contributed by atoms with Gasteiger partial charge in [-0.25, -0.2) is 0 Å². The second-order valence-corrected chi connectivity index (χ2v) is 11.1. The molecular weight excluding hydrogens is 456 g/mol. The van der Waals surface area contributed by atoms with Crippen LogP contribution in [0.3, 0.4) is 0 Å². The number of benzene rings is 1. The molecule has 5 heterocycles. The molecular formula is C27H38N6O3. The van der Waals surface area contributed by atoms with Crippen LogP contribution in [0.15, 0.2) is 30.5 Å². The van der Waals surface area contributed by atoms with E-state index in [1.165, 1.54) is 0 Å². The second kappa shape index (κ2) is 9.67. The lowest BCUT2D eigenvalue weighted by molar-refractivity contribution is -0.144. The zero-order chi connectivity index (χ0) is 24.7. The third-order valence-corrected chi connectivity index (χ3v) is 9.06. The molecule has 9 nitrogen and oxygen atoms in total. The lowest BCUT2D eigenvalue weighted by Crippen LogP contribution is -2.60. The first-order chi connectivity index (χ1) is 17.5. The maximum atomic E-state index is 13.6. The first-order valence-electron chi connectivity index (χ1n) is 13.6. The van der Waals surface area contributed by atoms with Gasteiger partial charge in [-0.15, -0.1) is 5.10 Å². The quantitative estimate of drug-likeness (QED) is 0.658. The Labute approximate surface area is 213 Å². The number of carbonyl (C=O) groups is 1. The Bertz CT molecular complexity index is 1070. The Kier molecular flexibility index (Phi) is 6.37. The zero-order valence-electron chi connectivity index (χ0n) is 21.3. The van der Waals surface area contributed by atoms with Gasteiger partial charge in [-0.05, 0) is 50.3 Å². The highest BCUT2D eigenvalue weighted by atomic mass is 16.5. The Morgan fingerprint density at radius 2 is 1.92 bits per heavy atom. The van der Waals surface area contributed by atoms with E-state index in [-0.39, 0.29) is 5.92 Å². The van der Waals surface area contributed by atoms with Crippen molar-refractivity contribution in [3.05, 3.63) is 36.2 Å². The van der Waals surface area contributed by atoms with Crippen molar-refractivity contribution < 1.29 is 14.6 Å². The lowest BCUT2D eigenvalue weighted by Gasteiger charge is -2.50. The number of aromatic nitrogens is 3. The molecule has 2 bridgehead atoms. The minimum atomic E-state index is -0.794. The molecule has 1 aliphatic carbocycles. The number of nitrogens with zero attached hydrogens (tertiary/aromatic N) is 6. The van der Waals surface area contributed by atoms with Crippen molar-refractivity contribution in [1.29, 1.82) is 0 Å². The van der Waals surface area contributed by atoms with Crippen molar-refractivity contribution >= 4 is 11.6 Å². The molecule has 5 aliphatic rings. The molecule has 1 amide bonds. The van der Waals surface area contributed by atoms with Gasteiger partial charge in [0.2, 0.25) is 5.91 Å². The summed E-state index contributed by atoms with van der Waals surface area (Å²) in [5.74, 6) is 1.74. The minimum absolute atomic E-state index is 0.0957. The molecule has 4 atom stereocenters. The van der Waals surface area contributed by atoms with E-state index in [0.29, 0.717) is 17.9 Å². The van der Waals surface area contributed by atoms with Gasteiger partial charge in [0.15, 0.2) is 0 Å². The van der Waals surface area contributed by atoms with Crippen LogP contribution < -0.4 is 9.64 Å². The molecule has 36 heavy (non-hydrogen) atoms. The SMILES string of the molecule is COc1ccccc1N1CCN(C(=O)[C@@H]2CN3CC[C@@H]2C[C@@H]3Cn2cc(C3(O)CCCC3)nn2)CC1. The maximum absolute atomic E-state index is 13.6. The number of ether oxygens (including phenoxy) is 1. The van der Waals surface area contributed by atoms with Crippen LogP contribution in [0.5, 0.6) is 5.75 Å². The van der Waals surface area contributed by atoms with Gasteiger partial charge in [0.25, 0.3) is 0 Å². The molecule has 4 aliphatic heterocycles. The molecule has 5 fully saturated rings. The fourth-order valence-corrected chi connectivity index (χ4v) is 6.93. The summed E-state index contributed by atoms with van der Waals surface area (Å²) in [5.41, 5.74) is 1.03. The largest absolute Gasteiger partial charge is 0.495 e. The Hall–Kier alpha value is -2.65. The summed E-state index contributed by atoms with van der Waals surface area (Å²) in [4.78, 5) is 20.5. The monoisotopic (exact) mass is 494 g/mol. The number of anilines is 1. The van der Waals surface area contributed by atoms with Crippen molar-refractivity contribution in [2.75, 3.05) is 51.3 Å². The Balaban J connectivity index is 1.05. The molecule has 1 saturated carbocycles. The van der Waals surface area contributed by atoms with Gasteiger partial charge in [-0.1, -0.05) is 30.2 Å². The number of piperazine rings is 1. The van der Waals surface area contributed by atoms with E-state index >= 15 is 0 Å². The molecule has 7 rings (SSSR count). The Morgan fingerprint density at radius 3 is 2.64 bits per heavy atom. The highest BCUT2D eigenvalue weighted by Gasteiger charge is 2.45. The number of amides is 1. The average Bonchev–Trinajstić information content (AvgIpc) is 3.59. The molecule has 1 N–H and O–H groups in total. The van der Waals surface area contributed by atoms with E-state index in [1.54, 1.807) is 7.11 Å². The number of aliphatic hydroxyl groups is 1. The molecule has 0 radical (unpaired) electrons. The smallest absolute Gasteiger partial charge is 0.227 e. The molecule has 9 heteroatoms. The van der Waals surface area contributed by atoms with E-state index in [9.17, 15) is 9.90 Å². The van der Waals surface area contributed by atoms with Crippen LogP contribution in [0.25, 0.3) is 0 Å². The summed E-state index contributed by atoms with van der Waals surface area (Å²) < 4.78 is 7.44. The minimum Gasteiger partial charge on any atom is -0.495 e. The number of carbonyl (C=O) groups excluding carboxylic acids is 1. The van der Waals surface area contributed by atoms with Crippen molar-refractivity contribution in [2.24, 2.45) is 11.8 Å². The third kappa shape index (κ3) is 4.36. The van der Waals surface area contributed by atoms with Gasteiger partial charge in [0.05, 0.1) is 31.5 Å². The number of hydrogen-bond acceptors (Lipinski definition) is 7. The van der Waals surface area contributed by atoms with Gasteiger partial charge < -0.3 is 19.6 Å². The fourth-order valence-electron chi connectivity index (χ4n) is 6.93. The average molecular weight is 495 g/mol. The van der Waals surface area contributed by atoms with E-state index < -0.39 is 5.60 Å². The highest BCUT2D eigenvalue weighted by molar-refractivity contribution is 5.80. The molecule has 1 aromatic heterocycles. The normalized spacial score (nSPS) is 29.5. The molecule has 0 spiro atoms. The first kappa shape index (κ1) is 23.7. The van der Waals surface area contributed by atoms with Crippen LogP contribution in [0.4, 0.5) is 5.69 Å². The zero-order valence-corrected chi connectivity index (χ0v) is 21.3. The summed E-state index contributed by atoms with van der Waals surface area (Å²) in [6.45, 7) is 5.84. The van der Waals surface area contributed by atoms with Crippen molar-refractivity contribution in [2.45, 2.75) is 56.7 Å². The van der Waals surface area contributed by atoms with Gasteiger partial charge in [0.1, 0.15) is 17.0 Å². The van der Waals surface area contributed by atoms with Crippen LogP contribution in [-0.2, 0) is 16.9 Å². The van der Waals surface area contributed by atoms with E-state index in [1.807, 2.05) is 29.1 Å².